The van der Waals surface area contributed by atoms with Crippen molar-refractivity contribution in [3.63, 3.8) is 0 Å². The van der Waals surface area contributed by atoms with Crippen molar-refractivity contribution in [2.24, 2.45) is 0 Å². The molecule has 0 bridgehead atoms. The monoisotopic (exact) mass is 296 g/mol. The zero-order chi connectivity index (χ0) is 15.7. The van der Waals surface area contributed by atoms with Crippen LogP contribution >= 0.6 is 0 Å². The van der Waals surface area contributed by atoms with Gasteiger partial charge in [-0.25, -0.2) is 0 Å². The lowest BCUT2D eigenvalue weighted by Crippen LogP contribution is -2.05. The van der Waals surface area contributed by atoms with Gasteiger partial charge in [0, 0.05) is 23.8 Å². The van der Waals surface area contributed by atoms with E-state index in [1.54, 1.807) is 30.3 Å². The Morgan fingerprint density at radius 3 is 2.59 bits per heavy atom. The second kappa shape index (κ2) is 5.24. The van der Waals surface area contributed by atoms with Crippen LogP contribution < -0.4 is 5.73 Å². The summed E-state index contributed by atoms with van der Waals surface area (Å²) in [6.45, 7) is 1.83. The van der Waals surface area contributed by atoms with Gasteiger partial charge in [-0.3, -0.25) is 10.1 Å². The molecule has 0 amide bonds. The number of hydrogen-bond donors (Lipinski definition) is 1. The number of non-ortho nitro benzene ring substituents is 1. The third kappa shape index (κ3) is 2.49. The lowest BCUT2D eigenvalue weighted by molar-refractivity contribution is -0.384. The predicted molar refractivity (Wildman–Crippen MR) is 80.4 cm³/mol. The maximum absolute atomic E-state index is 10.8. The SMILES string of the molecule is Cc1cc(N)n(-c2ccc(-c3cccc([N+](=O)[O-])c3)nn2)n1. The first-order chi connectivity index (χ1) is 10.5. The van der Waals surface area contributed by atoms with E-state index in [2.05, 4.69) is 15.3 Å². The minimum Gasteiger partial charge on any atom is -0.384 e. The molecule has 110 valence electrons. The van der Waals surface area contributed by atoms with E-state index in [-0.39, 0.29) is 5.69 Å². The molecule has 0 aliphatic heterocycles. The van der Waals surface area contributed by atoms with Crippen molar-refractivity contribution in [1.82, 2.24) is 20.0 Å². The summed E-state index contributed by atoms with van der Waals surface area (Å²) in [5.41, 5.74) is 7.78. The Balaban J connectivity index is 1.96. The summed E-state index contributed by atoms with van der Waals surface area (Å²) in [6, 6.07) is 11.4. The number of nitro benzene ring substituents is 1. The van der Waals surface area contributed by atoms with Crippen LogP contribution in [0.25, 0.3) is 17.1 Å². The van der Waals surface area contributed by atoms with Gasteiger partial charge in [0.25, 0.3) is 5.69 Å². The number of nitrogens with zero attached hydrogens (tertiary/aromatic N) is 5. The Hall–Kier alpha value is -3.29. The first kappa shape index (κ1) is 13.7. The van der Waals surface area contributed by atoms with E-state index in [1.807, 2.05) is 6.92 Å². The number of anilines is 1. The number of rotatable bonds is 3. The van der Waals surface area contributed by atoms with Crippen molar-refractivity contribution in [3.05, 3.63) is 58.3 Å². The van der Waals surface area contributed by atoms with Crippen molar-refractivity contribution in [3.8, 4) is 17.1 Å². The topological polar surface area (TPSA) is 113 Å². The van der Waals surface area contributed by atoms with Crippen molar-refractivity contribution >= 4 is 11.5 Å². The quantitative estimate of drug-likeness (QED) is 0.585. The fourth-order valence-corrected chi connectivity index (χ4v) is 2.07. The van der Waals surface area contributed by atoms with Crippen LogP contribution in [0.15, 0.2) is 42.5 Å². The highest BCUT2D eigenvalue weighted by Gasteiger charge is 2.10. The molecular weight excluding hydrogens is 284 g/mol. The van der Waals surface area contributed by atoms with Crippen molar-refractivity contribution in [2.45, 2.75) is 6.92 Å². The molecule has 3 rings (SSSR count). The van der Waals surface area contributed by atoms with Gasteiger partial charge in [-0.15, -0.1) is 10.2 Å². The van der Waals surface area contributed by atoms with Gasteiger partial charge >= 0.3 is 0 Å². The Labute approximate surface area is 125 Å². The third-order valence-corrected chi connectivity index (χ3v) is 3.08. The van der Waals surface area contributed by atoms with Crippen LogP contribution in [0.5, 0.6) is 0 Å². The number of hydrogen-bond acceptors (Lipinski definition) is 6. The van der Waals surface area contributed by atoms with Crippen molar-refractivity contribution < 1.29 is 4.92 Å². The molecule has 0 saturated heterocycles. The van der Waals surface area contributed by atoms with Crippen LogP contribution in [0.2, 0.25) is 0 Å². The molecule has 8 nitrogen and oxygen atoms in total. The molecule has 2 heterocycles. The van der Waals surface area contributed by atoms with E-state index >= 15 is 0 Å². The molecule has 3 aromatic rings. The molecule has 1 aromatic carbocycles. The van der Waals surface area contributed by atoms with Gasteiger partial charge in [-0.05, 0) is 19.1 Å². The fraction of sp³-hybridized carbons (Fsp3) is 0.0714. The van der Waals surface area contributed by atoms with E-state index in [0.717, 1.165) is 5.69 Å². The summed E-state index contributed by atoms with van der Waals surface area (Å²) >= 11 is 0. The highest BCUT2D eigenvalue weighted by Crippen LogP contribution is 2.22. The lowest BCUT2D eigenvalue weighted by atomic mass is 10.1. The number of aryl methyl sites for hydroxylation is 1. The number of nitrogen functional groups attached to an aromatic ring is 1. The molecule has 0 radical (unpaired) electrons. The zero-order valence-electron chi connectivity index (χ0n) is 11.7. The molecular formula is C14H12N6O2. The minimum atomic E-state index is -0.446. The lowest BCUT2D eigenvalue weighted by Gasteiger charge is -2.04. The minimum absolute atomic E-state index is 0.00956. The fourth-order valence-electron chi connectivity index (χ4n) is 2.07. The van der Waals surface area contributed by atoms with Gasteiger partial charge in [0.1, 0.15) is 5.82 Å². The molecule has 0 saturated carbocycles. The summed E-state index contributed by atoms with van der Waals surface area (Å²) < 4.78 is 1.49. The van der Waals surface area contributed by atoms with Crippen LogP contribution in [-0.4, -0.2) is 24.9 Å². The molecule has 2 N–H and O–H groups in total. The van der Waals surface area contributed by atoms with Gasteiger partial charge in [-0.2, -0.15) is 9.78 Å². The Morgan fingerprint density at radius 2 is 2.00 bits per heavy atom. The normalized spacial score (nSPS) is 10.6. The van der Waals surface area contributed by atoms with E-state index in [0.29, 0.717) is 22.9 Å². The molecule has 22 heavy (non-hydrogen) atoms. The largest absolute Gasteiger partial charge is 0.384 e. The summed E-state index contributed by atoms with van der Waals surface area (Å²) in [5, 5.41) is 23.2. The van der Waals surface area contributed by atoms with Crippen LogP contribution in [-0.2, 0) is 0 Å². The predicted octanol–water partition coefficient (Wildman–Crippen LogP) is 2.13. The molecule has 2 aromatic heterocycles. The second-order valence-electron chi connectivity index (χ2n) is 4.71. The van der Waals surface area contributed by atoms with E-state index < -0.39 is 4.92 Å². The van der Waals surface area contributed by atoms with Gasteiger partial charge < -0.3 is 5.73 Å². The average molecular weight is 296 g/mol. The van der Waals surface area contributed by atoms with Crippen LogP contribution in [0.4, 0.5) is 11.5 Å². The number of benzene rings is 1. The number of nitro groups is 1. The molecule has 0 aliphatic rings. The average Bonchev–Trinajstić information content (AvgIpc) is 2.86. The van der Waals surface area contributed by atoms with Crippen molar-refractivity contribution in [2.75, 3.05) is 5.73 Å². The van der Waals surface area contributed by atoms with Gasteiger partial charge in [-0.1, -0.05) is 12.1 Å². The first-order valence-corrected chi connectivity index (χ1v) is 6.45. The van der Waals surface area contributed by atoms with Crippen LogP contribution in [0.1, 0.15) is 5.69 Å². The highest BCUT2D eigenvalue weighted by atomic mass is 16.6. The molecule has 0 unspecified atom stereocenters. The van der Waals surface area contributed by atoms with E-state index in [9.17, 15) is 10.1 Å². The van der Waals surface area contributed by atoms with E-state index in [1.165, 1.54) is 16.8 Å². The highest BCUT2D eigenvalue weighted by molar-refractivity contribution is 5.62. The number of aromatic nitrogens is 4. The molecule has 8 heteroatoms. The van der Waals surface area contributed by atoms with Crippen LogP contribution in [0, 0.1) is 17.0 Å². The molecule has 0 aliphatic carbocycles. The van der Waals surface area contributed by atoms with E-state index in [4.69, 9.17) is 5.73 Å². The van der Waals surface area contributed by atoms with Gasteiger partial charge in [0.2, 0.25) is 0 Å². The summed E-state index contributed by atoms with van der Waals surface area (Å²) in [6.07, 6.45) is 0. The molecule has 0 atom stereocenters. The number of nitrogens with two attached hydrogens (primary N) is 1. The second-order valence-corrected chi connectivity index (χ2v) is 4.71. The smallest absolute Gasteiger partial charge is 0.270 e. The Kier molecular flexibility index (Phi) is 3.26. The van der Waals surface area contributed by atoms with Crippen LogP contribution in [0.3, 0.4) is 0 Å². The maximum Gasteiger partial charge on any atom is 0.270 e. The van der Waals surface area contributed by atoms with Gasteiger partial charge in [0.05, 0.1) is 16.3 Å². The third-order valence-electron chi connectivity index (χ3n) is 3.08. The van der Waals surface area contributed by atoms with Gasteiger partial charge in [0.15, 0.2) is 5.82 Å². The zero-order valence-corrected chi connectivity index (χ0v) is 11.7. The molecule has 0 spiro atoms. The maximum atomic E-state index is 10.8. The standard InChI is InChI=1S/C14H12N6O2/c1-9-7-13(15)19(18-9)14-6-5-12(16-17-14)10-3-2-4-11(8-10)20(21)22/h2-8H,15H2,1H3. The summed E-state index contributed by atoms with van der Waals surface area (Å²) in [4.78, 5) is 10.4. The molecule has 0 fully saturated rings. The Bertz CT molecular complexity index is 841. The Morgan fingerprint density at radius 1 is 1.18 bits per heavy atom. The summed E-state index contributed by atoms with van der Waals surface area (Å²) in [5.74, 6) is 0.953. The summed E-state index contributed by atoms with van der Waals surface area (Å²) in [7, 11) is 0. The van der Waals surface area contributed by atoms with Crippen molar-refractivity contribution in [1.29, 1.82) is 0 Å². The first-order valence-electron chi connectivity index (χ1n) is 6.45.